The lowest BCUT2D eigenvalue weighted by molar-refractivity contribution is -0.384. The van der Waals surface area contributed by atoms with Gasteiger partial charge < -0.3 is 4.90 Å². The van der Waals surface area contributed by atoms with E-state index in [1.54, 1.807) is 6.07 Å². The van der Waals surface area contributed by atoms with E-state index in [1.807, 2.05) is 12.1 Å². The molecule has 0 amide bonds. The lowest BCUT2D eigenvalue weighted by atomic mass is 9.76. The van der Waals surface area contributed by atoms with E-state index in [9.17, 15) is 15.4 Å². The van der Waals surface area contributed by atoms with Crippen LogP contribution >= 0.6 is 0 Å². The van der Waals surface area contributed by atoms with Crippen LogP contribution in [0.3, 0.4) is 0 Å². The van der Waals surface area contributed by atoms with Gasteiger partial charge in [-0.2, -0.15) is 5.26 Å². The number of hydrogen-bond acceptors (Lipinski definition) is 4. The summed E-state index contributed by atoms with van der Waals surface area (Å²) in [4.78, 5) is 12.8. The first-order valence-electron chi connectivity index (χ1n) is 10.2. The molecule has 1 heterocycles. The normalized spacial score (nSPS) is 14.5. The van der Waals surface area contributed by atoms with Gasteiger partial charge in [0, 0.05) is 31.1 Å². The van der Waals surface area contributed by atoms with Gasteiger partial charge in [-0.1, -0.05) is 60.7 Å². The highest BCUT2D eigenvalue weighted by atomic mass is 16.6. The molecule has 30 heavy (non-hydrogen) atoms. The Kier molecular flexibility index (Phi) is 5.76. The van der Waals surface area contributed by atoms with E-state index in [-0.39, 0.29) is 5.69 Å². The largest absolute Gasteiger partial charge is 0.370 e. The second kappa shape index (κ2) is 8.79. The summed E-state index contributed by atoms with van der Waals surface area (Å²) < 4.78 is 0. The molecule has 3 aromatic carbocycles. The molecule has 0 bridgehead atoms. The fourth-order valence-corrected chi connectivity index (χ4v) is 4.53. The van der Waals surface area contributed by atoms with Crippen LogP contribution in [0, 0.1) is 27.4 Å². The Morgan fingerprint density at radius 3 is 2.00 bits per heavy atom. The number of non-ortho nitro benzene ring substituents is 1. The zero-order chi connectivity index (χ0) is 20.9. The minimum atomic E-state index is -0.457. The summed E-state index contributed by atoms with van der Waals surface area (Å²) in [7, 11) is 0. The molecule has 5 nitrogen and oxygen atoms in total. The first-order chi connectivity index (χ1) is 14.7. The van der Waals surface area contributed by atoms with Gasteiger partial charge in [0.1, 0.15) is 6.07 Å². The maximum Gasteiger partial charge on any atom is 0.270 e. The molecule has 0 atom stereocenters. The number of hydrogen-bond donors (Lipinski definition) is 0. The van der Waals surface area contributed by atoms with Crippen LogP contribution in [0.25, 0.3) is 0 Å². The Bertz CT molecular complexity index is 1010. The zero-order valence-electron chi connectivity index (χ0n) is 16.6. The lowest BCUT2D eigenvalue weighted by Gasteiger charge is -2.38. The van der Waals surface area contributed by atoms with Gasteiger partial charge in [-0.3, -0.25) is 10.1 Å². The smallest absolute Gasteiger partial charge is 0.270 e. The van der Waals surface area contributed by atoms with Crippen molar-refractivity contribution in [2.24, 2.45) is 5.92 Å². The Morgan fingerprint density at radius 2 is 1.50 bits per heavy atom. The van der Waals surface area contributed by atoms with Crippen LogP contribution in [0.5, 0.6) is 0 Å². The second-order valence-electron chi connectivity index (χ2n) is 7.69. The molecule has 1 saturated heterocycles. The molecule has 0 aliphatic carbocycles. The van der Waals surface area contributed by atoms with Crippen LogP contribution in [0.4, 0.5) is 11.4 Å². The minimum absolute atomic E-state index is 0.0431. The maximum atomic E-state index is 11.0. The molecule has 150 valence electrons. The average Bonchev–Trinajstić information content (AvgIpc) is 2.81. The van der Waals surface area contributed by atoms with Gasteiger partial charge in [0.2, 0.25) is 0 Å². The molecule has 0 aromatic heterocycles. The van der Waals surface area contributed by atoms with Crippen LogP contribution in [-0.2, 0) is 0 Å². The Balaban J connectivity index is 1.56. The van der Waals surface area contributed by atoms with E-state index >= 15 is 0 Å². The standard InChI is InChI=1S/C25H23N3O2/c26-18-22-17-23(28(29)30)11-12-24(22)27-15-13-21(14-16-27)25(19-7-3-1-4-8-19)20-9-5-2-6-10-20/h1-12,17,21,25H,13-16H2. The lowest BCUT2D eigenvalue weighted by Crippen LogP contribution is -2.36. The van der Waals surface area contributed by atoms with Gasteiger partial charge >= 0.3 is 0 Å². The van der Waals surface area contributed by atoms with Gasteiger partial charge in [-0.15, -0.1) is 0 Å². The molecule has 4 rings (SSSR count). The summed E-state index contributed by atoms with van der Waals surface area (Å²) in [6, 6.07) is 28.0. The van der Waals surface area contributed by atoms with Crippen LogP contribution in [0.2, 0.25) is 0 Å². The summed E-state index contributed by atoms with van der Waals surface area (Å²) in [6.45, 7) is 1.65. The number of nitrogens with zero attached hydrogens (tertiary/aromatic N) is 3. The van der Waals surface area contributed by atoms with Crippen LogP contribution < -0.4 is 4.90 Å². The van der Waals surface area contributed by atoms with E-state index in [2.05, 4.69) is 59.5 Å². The van der Waals surface area contributed by atoms with E-state index in [0.717, 1.165) is 31.6 Å². The molecule has 1 fully saturated rings. The topological polar surface area (TPSA) is 70.2 Å². The molecule has 1 aliphatic heterocycles. The highest BCUT2D eigenvalue weighted by Gasteiger charge is 2.29. The molecular weight excluding hydrogens is 374 g/mol. The molecule has 0 saturated carbocycles. The Labute approximate surface area is 176 Å². The van der Waals surface area contributed by atoms with Gasteiger partial charge in [0.25, 0.3) is 5.69 Å². The summed E-state index contributed by atoms with van der Waals surface area (Å²) in [5, 5.41) is 20.5. The number of nitro benzene ring substituents is 1. The average molecular weight is 397 g/mol. The zero-order valence-corrected chi connectivity index (χ0v) is 16.6. The highest BCUT2D eigenvalue weighted by molar-refractivity contribution is 5.63. The second-order valence-corrected chi connectivity index (χ2v) is 7.69. The summed E-state index contributed by atoms with van der Waals surface area (Å²) in [5.74, 6) is 0.830. The van der Waals surface area contributed by atoms with Crippen molar-refractivity contribution >= 4 is 11.4 Å². The van der Waals surface area contributed by atoms with Gasteiger partial charge in [-0.05, 0) is 36.0 Å². The third kappa shape index (κ3) is 4.04. The third-order valence-corrected chi connectivity index (χ3v) is 5.98. The molecule has 5 heteroatoms. The molecule has 1 aliphatic rings. The van der Waals surface area contributed by atoms with E-state index in [1.165, 1.54) is 23.3 Å². The van der Waals surface area contributed by atoms with Gasteiger partial charge in [0.05, 0.1) is 16.2 Å². The number of rotatable bonds is 5. The maximum absolute atomic E-state index is 11.0. The predicted molar refractivity (Wildman–Crippen MR) is 117 cm³/mol. The van der Waals surface area contributed by atoms with Crippen molar-refractivity contribution in [2.45, 2.75) is 18.8 Å². The summed E-state index contributed by atoms with van der Waals surface area (Å²) in [6.07, 6.45) is 1.99. The van der Waals surface area contributed by atoms with Gasteiger partial charge in [0.15, 0.2) is 0 Å². The predicted octanol–water partition coefficient (Wildman–Crippen LogP) is 5.51. The van der Waals surface area contributed by atoms with E-state index in [0.29, 0.717) is 17.4 Å². The van der Waals surface area contributed by atoms with Crippen LogP contribution in [0.1, 0.15) is 35.4 Å². The van der Waals surface area contributed by atoms with Crippen molar-refractivity contribution in [2.75, 3.05) is 18.0 Å². The number of nitro groups is 1. The number of piperidine rings is 1. The first kappa shape index (κ1) is 19.7. The van der Waals surface area contributed by atoms with Gasteiger partial charge in [-0.25, -0.2) is 0 Å². The monoisotopic (exact) mass is 397 g/mol. The van der Waals surface area contributed by atoms with E-state index in [4.69, 9.17) is 0 Å². The minimum Gasteiger partial charge on any atom is -0.370 e. The van der Waals surface area contributed by atoms with E-state index < -0.39 is 4.92 Å². The van der Waals surface area contributed by atoms with Crippen molar-refractivity contribution < 1.29 is 4.92 Å². The molecule has 0 unspecified atom stereocenters. The SMILES string of the molecule is N#Cc1cc([N+](=O)[O-])ccc1N1CCC(C(c2ccccc2)c2ccccc2)CC1. The molecule has 3 aromatic rings. The van der Waals surface area contributed by atoms with Crippen LogP contribution in [-0.4, -0.2) is 18.0 Å². The highest BCUT2D eigenvalue weighted by Crippen LogP contribution is 2.39. The van der Waals surface area contributed by atoms with Crippen molar-refractivity contribution in [3.05, 3.63) is 106 Å². The fourth-order valence-electron chi connectivity index (χ4n) is 4.53. The fraction of sp³-hybridized carbons (Fsp3) is 0.240. The first-order valence-corrected chi connectivity index (χ1v) is 10.2. The van der Waals surface area contributed by atoms with Crippen LogP contribution in [0.15, 0.2) is 78.9 Å². The van der Waals surface area contributed by atoms with Crippen molar-refractivity contribution in [3.63, 3.8) is 0 Å². The molecular formula is C25H23N3O2. The summed E-state index contributed by atoms with van der Waals surface area (Å²) in [5.41, 5.74) is 3.77. The summed E-state index contributed by atoms with van der Waals surface area (Å²) >= 11 is 0. The molecule has 0 radical (unpaired) electrons. The van der Waals surface area contributed by atoms with Crippen molar-refractivity contribution in [3.8, 4) is 6.07 Å². The number of nitriles is 1. The number of anilines is 1. The Morgan fingerprint density at radius 1 is 0.933 bits per heavy atom. The number of benzene rings is 3. The van der Waals surface area contributed by atoms with Crippen molar-refractivity contribution in [1.29, 1.82) is 5.26 Å². The van der Waals surface area contributed by atoms with Crippen molar-refractivity contribution in [1.82, 2.24) is 0 Å². The Hall–Kier alpha value is -3.65. The third-order valence-electron chi connectivity index (χ3n) is 5.98. The quantitative estimate of drug-likeness (QED) is 0.420. The molecule has 0 spiro atoms. The molecule has 0 N–H and O–H groups in total.